The topological polar surface area (TPSA) is 199 Å². The van der Waals surface area contributed by atoms with E-state index in [4.69, 9.17) is 33.2 Å². The second kappa shape index (κ2) is 16.6. The lowest BCUT2D eigenvalue weighted by atomic mass is 9.53. The van der Waals surface area contributed by atoms with Gasteiger partial charge in [0.25, 0.3) is 0 Å². The maximum Gasteiger partial charge on any atom is 0.212 e. The molecule has 4 aromatic rings. The maximum atomic E-state index is 12.9. The molecule has 0 amide bonds. The van der Waals surface area contributed by atoms with Gasteiger partial charge in [0.2, 0.25) is 17.2 Å². The lowest BCUT2D eigenvalue weighted by molar-refractivity contribution is -0.0454. The number of aliphatic hydroxyl groups is 5. The van der Waals surface area contributed by atoms with Crippen molar-refractivity contribution in [3.8, 4) is 63.2 Å². The first kappa shape index (κ1) is 50.8. The van der Waals surface area contributed by atoms with Crippen molar-refractivity contribution in [2.45, 2.75) is 153 Å². The fraction of sp³-hybridized carbons (Fsp3) is 0.536. The summed E-state index contributed by atoms with van der Waals surface area (Å²) in [5.41, 5.74) is 6.39. The van der Waals surface area contributed by atoms with Gasteiger partial charge >= 0.3 is 0 Å². The number of hydrogen-bond donors (Lipinski definition) is 6. The van der Waals surface area contributed by atoms with Crippen LogP contribution < -0.4 is 33.2 Å². The summed E-state index contributed by atoms with van der Waals surface area (Å²) < 4.78 is 51.5. The summed E-state index contributed by atoms with van der Waals surface area (Å²) in [4.78, 5) is 9.68. The Morgan fingerprint density at radius 2 is 0.721 bits per heavy atom. The smallest absolute Gasteiger partial charge is 0.212 e. The van der Waals surface area contributed by atoms with Crippen LogP contribution in [0.15, 0.2) is 72.9 Å². The van der Waals surface area contributed by atoms with Gasteiger partial charge in [0.15, 0.2) is 46.0 Å². The van der Waals surface area contributed by atoms with Crippen LogP contribution in [0.4, 0.5) is 0 Å². The van der Waals surface area contributed by atoms with E-state index in [1.807, 2.05) is 30.4 Å². The second-order valence-corrected chi connectivity index (χ2v) is 28.8. The molecule has 17 heteroatoms. The SMILES string of the molecule is CN1CC[C@]23c4c5cc(Oc6c(Oc7c(Oc8c(CO)cc9c%10c8O[C@H]8[C@@H](O)C=C[C@H]%11[C@@H](C9)N(C)CC[C@@]%10%118)cc8c9c7O[C@H]7[C@@H](O)C=C[C@H]%10[C@@H](C8)N(C)CC[C@@]9%107)cc7c8c6O[C@H]6[C@@H](O)C=C[C@H]9[C@@H](C7)N(C)CC[C@@]896)c(O)c4O[C@H]2[C@@H](O)C=C[C@H]3[C@H]1C5. The molecule has 8 heterocycles. The third-order valence-corrected chi connectivity index (χ3v) is 25.8. The maximum absolute atomic E-state index is 12.9. The number of likely N-dealkylation sites (N-methyl/N-ethyl adjacent to an activating group) is 4. The summed E-state index contributed by atoms with van der Waals surface area (Å²) in [5.74, 6) is 3.39. The van der Waals surface area contributed by atoms with E-state index in [0.717, 1.165) is 103 Å². The number of aliphatic hydroxyl groups excluding tert-OH is 5. The molecule has 0 aromatic heterocycles. The molecule has 17 nitrogen and oxygen atoms in total. The summed E-state index contributed by atoms with van der Waals surface area (Å²) in [5, 5.41) is 72.3. The van der Waals surface area contributed by atoms with Crippen molar-refractivity contribution in [1.29, 1.82) is 0 Å². The number of benzene rings is 4. The van der Waals surface area contributed by atoms with Crippen molar-refractivity contribution >= 4 is 0 Å². The number of phenolic OH excluding ortho intramolecular Hbond substituents is 1. The normalized spacial score (nSPS) is 42.4. The van der Waals surface area contributed by atoms with E-state index in [-0.39, 0.29) is 83.2 Å². The van der Waals surface area contributed by atoms with Gasteiger partial charge in [-0.05, 0) is 152 Å². The molecule has 0 unspecified atom stereocenters. The number of phenols is 1. The molecule has 8 aliphatic carbocycles. The Bertz CT molecular complexity index is 3900. The van der Waals surface area contributed by atoms with Gasteiger partial charge in [-0.25, -0.2) is 0 Å². The van der Waals surface area contributed by atoms with Crippen LogP contribution in [0.2, 0.25) is 0 Å². The Hall–Kier alpha value is -6.12. The van der Waals surface area contributed by atoms with Gasteiger partial charge in [0, 0.05) is 97.3 Å². The highest BCUT2D eigenvalue weighted by atomic mass is 16.6. The zero-order valence-corrected chi connectivity index (χ0v) is 48.7. The van der Waals surface area contributed by atoms with Gasteiger partial charge in [0.05, 0.1) is 6.61 Å². The minimum atomic E-state index is -0.917. The van der Waals surface area contributed by atoms with Crippen LogP contribution >= 0.6 is 0 Å². The van der Waals surface area contributed by atoms with Crippen LogP contribution in [-0.2, 0) is 54.0 Å². The highest BCUT2D eigenvalue weighted by molar-refractivity contribution is 5.75. The summed E-state index contributed by atoms with van der Waals surface area (Å²) in [7, 11) is 8.71. The first-order valence-electron chi connectivity index (χ1n) is 31.7. The summed E-state index contributed by atoms with van der Waals surface area (Å²) >= 11 is 0. The average Bonchev–Trinajstić information content (AvgIpc) is 1.48. The molecule has 0 radical (unpaired) electrons. The number of aromatic hydroxyl groups is 1. The number of ether oxygens (including phenoxy) is 7. The van der Waals surface area contributed by atoms with Gasteiger partial charge in [-0.3, -0.25) is 0 Å². The Kier molecular flexibility index (Phi) is 9.80. The summed E-state index contributed by atoms with van der Waals surface area (Å²) in [6.07, 6.45) is 16.1. The van der Waals surface area contributed by atoms with Gasteiger partial charge in [-0.15, -0.1) is 0 Å². The molecule has 20 atom stereocenters. The molecular weight excluding hydrogens is 1090 g/mol. The van der Waals surface area contributed by atoms with Crippen molar-refractivity contribution in [2.24, 2.45) is 23.7 Å². The van der Waals surface area contributed by atoms with Crippen molar-refractivity contribution in [3.05, 3.63) is 123 Å². The third-order valence-electron chi connectivity index (χ3n) is 25.8. The molecule has 4 spiro atoms. The number of likely N-dealkylation sites (tertiary alicyclic amines) is 4. The minimum absolute atomic E-state index is 0.0392. The van der Waals surface area contributed by atoms with Crippen LogP contribution in [0.3, 0.4) is 0 Å². The van der Waals surface area contributed by atoms with E-state index in [9.17, 15) is 30.6 Å². The molecule has 6 N–H and O–H groups in total. The van der Waals surface area contributed by atoms with Gasteiger partial charge in [-0.2, -0.15) is 0 Å². The third kappa shape index (κ3) is 5.71. The number of hydrogen-bond acceptors (Lipinski definition) is 17. The quantitative estimate of drug-likeness (QED) is 0.127. The molecular formula is C69H72N4O13. The average molecular weight is 1170 g/mol. The van der Waals surface area contributed by atoms with Gasteiger partial charge in [-0.1, -0.05) is 48.6 Å². The number of rotatable bonds is 7. The van der Waals surface area contributed by atoms with Gasteiger partial charge in [0.1, 0.15) is 48.8 Å². The summed E-state index contributed by atoms with van der Waals surface area (Å²) in [6.45, 7) is 2.93. The fourth-order valence-electron chi connectivity index (χ4n) is 22.2. The van der Waals surface area contributed by atoms with E-state index < -0.39 is 70.5 Å². The van der Waals surface area contributed by atoms with E-state index in [2.05, 4.69) is 90.3 Å². The lowest BCUT2D eigenvalue weighted by Gasteiger charge is -2.56. The Morgan fingerprint density at radius 1 is 0.419 bits per heavy atom. The molecule has 8 bridgehead atoms. The van der Waals surface area contributed by atoms with Crippen molar-refractivity contribution in [2.75, 3.05) is 54.4 Å². The molecule has 8 aliphatic heterocycles. The van der Waals surface area contributed by atoms with Crippen LogP contribution in [0.1, 0.15) is 75.8 Å². The fourth-order valence-corrected chi connectivity index (χ4v) is 22.2. The monoisotopic (exact) mass is 1160 g/mol. The first-order chi connectivity index (χ1) is 41.7. The van der Waals surface area contributed by atoms with Crippen LogP contribution in [0.25, 0.3) is 0 Å². The van der Waals surface area contributed by atoms with E-state index in [1.165, 1.54) is 0 Å². The number of nitrogens with zero attached hydrogens (tertiary/aromatic N) is 4. The minimum Gasteiger partial charge on any atom is -0.502 e. The van der Waals surface area contributed by atoms with Crippen LogP contribution in [-0.4, -0.2) is 178 Å². The van der Waals surface area contributed by atoms with E-state index in [1.54, 1.807) is 0 Å². The Balaban J connectivity index is 0.812. The summed E-state index contributed by atoms with van der Waals surface area (Å²) in [6, 6.07) is 8.70. The van der Waals surface area contributed by atoms with E-state index >= 15 is 0 Å². The Labute approximate surface area is 498 Å². The predicted molar refractivity (Wildman–Crippen MR) is 311 cm³/mol. The molecule has 4 saturated heterocycles. The predicted octanol–water partition coefficient (Wildman–Crippen LogP) is 5.49. The molecule has 0 saturated carbocycles. The number of piperidine rings is 4. The van der Waals surface area contributed by atoms with Crippen molar-refractivity contribution in [1.82, 2.24) is 19.6 Å². The van der Waals surface area contributed by atoms with Crippen molar-refractivity contribution in [3.63, 3.8) is 0 Å². The highest BCUT2D eigenvalue weighted by Gasteiger charge is 2.70. The van der Waals surface area contributed by atoms with Crippen molar-refractivity contribution < 1.29 is 63.8 Å². The van der Waals surface area contributed by atoms with Crippen LogP contribution in [0.5, 0.6) is 63.2 Å². The largest absolute Gasteiger partial charge is 0.502 e. The molecule has 86 heavy (non-hydrogen) atoms. The van der Waals surface area contributed by atoms with Gasteiger partial charge < -0.3 is 83.4 Å². The molecule has 16 aliphatic rings. The Morgan fingerprint density at radius 3 is 1.09 bits per heavy atom. The zero-order valence-electron chi connectivity index (χ0n) is 48.7. The van der Waals surface area contributed by atoms with E-state index in [0.29, 0.717) is 59.3 Å². The second-order valence-electron chi connectivity index (χ2n) is 28.8. The first-order valence-corrected chi connectivity index (χ1v) is 31.7. The highest BCUT2D eigenvalue weighted by Crippen LogP contribution is 2.71. The molecule has 4 aromatic carbocycles. The zero-order chi connectivity index (χ0) is 57.7. The van der Waals surface area contributed by atoms with Crippen LogP contribution in [0, 0.1) is 23.7 Å². The standard InChI is InChI=1S/C69H72N4O13/c1-70-18-14-67-36-6-10-44(76)63(67)84-59-51(67)30(22-39(36)70)21-34(29-74)55(59)81-48-27-32-24-41-38-8-12-46(78)65-69(38,16-20-72(41)3)53(32)61(86-65)57(48)82-49-28-33-25-42-37-7-11-45(77)64-68(37,15-19-73(42)4)52(33)60(85-64)56(49)80-47-26-31-23-40-35-5-9-43(75)62-66(35,13-17-71(40)2)50(31)58(83-62)54(47)79/h5-12,21,26-28,35-46,62-65,74-79H,13-20,22-25,29H2,1-4H3/t35-,36-,37-,38-,39+,40+,41+,42+,43-,44-,45-,46-,62-,63-,64-,65-,66-,67-,68-,69-/m0/s1. The molecule has 4 fully saturated rings. The molecule has 446 valence electrons. The lowest BCUT2D eigenvalue weighted by Crippen LogP contribution is -2.64. The molecule has 20 rings (SSSR count).